The lowest BCUT2D eigenvalue weighted by Crippen LogP contribution is -2.30. The first kappa shape index (κ1) is 16.8. The summed E-state index contributed by atoms with van der Waals surface area (Å²) in [4.78, 5) is 27.8. The minimum absolute atomic E-state index is 0.218. The van der Waals surface area contributed by atoms with E-state index in [1.807, 2.05) is 0 Å². The van der Waals surface area contributed by atoms with Gasteiger partial charge in [-0.2, -0.15) is 0 Å². The molecule has 1 aromatic heterocycles. The van der Waals surface area contributed by atoms with Crippen LogP contribution in [0.4, 0.5) is 5.69 Å². The molecule has 7 heteroatoms. The molecule has 0 aliphatic heterocycles. The Kier molecular flexibility index (Phi) is 5.54. The molecule has 23 heavy (non-hydrogen) atoms. The topological polar surface area (TPSA) is 77.5 Å². The Hall–Kier alpha value is -2.60. The van der Waals surface area contributed by atoms with Gasteiger partial charge in [-0.25, -0.2) is 9.78 Å². The van der Waals surface area contributed by atoms with Crippen LogP contribution in [0.3, 0.4) is 0 Å². The number of rotatable bonds is 5. The number of nitrogens with zero attached hydrogens (tertiary/aromatic N) is 1. The minimum atomic E-state index is -0.968. The SMILES string of the molecule is COc1cccc(NC(=O)[C@@H](C)OC(=O)c2ccc(Cl)nc2)c1. The van der Waals surface area contributed by atoms with Crippen LogP contribution >= 0.6 is 11.6 Å². The van der Waals surface area contributed by atoms with Crippen molar-refractivity contribution in [2.45, 2.75) is 13.0 Å². The highest BCUT2D eigenvalue weighted by molar-refractivity contribution is 6.29. The number of amides is 1. The summed E-state index contributed by atoms with van der Waals surface area (Å²) < 4.78 is 10.2. The van der Waals surface area contributed by atoms with Crippen molar-refractivity contribution in [2.24, 2.45) is 0 Å². The van der Waals surface area contributed by atoms with Crippen molar-refractivity contribution < 1.29 is 19.1 Å². The summed E-state index contributed by atoms with van der Waals surface area (Å²) in [7, 11) is 1.53. The quantitative estimate of drug-likeness (QED) is 0.672. The Balaban J connectivity index is 1.96. The number of pyridine rings is 1. The second-order valence-corrected chi connectivity index (χ2v) is 5.03. The molecule has 0 saturated heterocycles. The molecule has 1 amide bonds. The van der Waals surface area contributed by atoms with Gasteiger partial charge in [0.1, 0.15) is 10.9 Å². The van der Waals surface area contributed by atoms with Gasteiger partial charge in [-0.3, -0.25) is 4.79 Å². The Bertz CT molecular complexity index is 703. The van der Waals surface area contributed by atoms with E-state index in [1.54, 1.807) is 24.3 Å². The van der Waals surface area contributed by atoms with E-state index in [4.69, 9.17) is 21.1 Å². The zero-order chi connectivity index (χ0) is 16.8. The van der Waals surface area contributed by atoms with Crippen LogP contribution in [-0.4, -0.2) is 30.1 Å². The number of esters is 1. The number of aromatic nitrogens is 1. The van der Waals surface area contributed by atoms with Gasteiger partial charge >= 0.3 is 5.97 Å². The number of hydrogen-bond donors (Lipinski definition) is 1. The number of carbonyl (C=O) groups is 2. The van der Waals surface area contributed by atoms with Crippen molar-refractivity contribution in [3.63, 3.8) is 0 Å². The largest absolute Gasteiger partial charge is 0.497 e. The molecular formula is C16H15ClN2O4. The van der Waals surface area contributed by atoms with Gasteiger partial charge in [-0.05, 0) is 31.2 Å². The van der Waals surface area contributed by atoms with E-state index >= 15 is 0 Å². The monoisotopic (exact) mass is 334 g/mol. The fourth-order valence-corrected chi connectivity index (χ4v) is 1.84. The van der Waals surface area contributed by atoms with E-state index in [-0.39, 0.29) is 10.7 Å². The predicted molar refractivity (Wildman–Crippen MR) is 85.7 cm³/mol. The van der Waals surface area contributed by atoms with Crippen LogP contribution in [0.1, 0.15) is 17.3 Å². The molecule has 0 spiro atoms. The highest BCUT2D eigenvalue weighted by atomic mass is 35.5. The molecule has 0 aliphatic carbocycles. The van der Waals surface area contributed by atoms with Crippen LogP contribution in [0.25, 0.3) is 0 Å². The molecule has 0 radical (unpaired) electrons. The molecule has 0 unspecified atom stereocenters. The lowest BCUT2D eigenvalue weighted by molar-refractivity contribution is -0.123. The third-order valence-corrected chi connectivity index (χ3v) is 3.18. The average molecular weight is 335 g/mol. The van der Waals surface area contributed by atoms with E-state index in [2.05, 4.69) is 10.3 Å². The zero-order valence-electron chi connectivity index (χ0n) is 12.6. The summed E-state index contributed by atoms with van der Waals surface area (Å²) in [6.45, 7) is 1.48. The maximum Gasteiger partial charge on any atom is 0.340 e. The lowest BCUT2D eigenvalue weighted by Gasteiger charge is -2.14. The van der Waals surface area contributed by atoms with E-state index in [1.165, 1.54) is 32.4 Å². The molecule has 0 fully saturated rings. The normalized spacial score (nSPS) is 11.4. The number of methoxy groups -OCH3 is 1. The van der Waals surface area contributed by atoms with Gasteiger partial charge in [0.2, 0.25) is 0 Å². The first-order chi connectivity index (χ1) is 11.0. The first-order valence-electron chi connectivity index (χ1n) is 6.77. The molecule has 1 heterocycles. The number of hydrogen-bond acceptors (Lipinski definition) is 5. The highest BCUT2D eigenvalue weighted by Gasteiger charge is 2.19. The first-order valence-corrected chi connectivity index (χ1v) is 7.15. The van der Waals surface area contributed by atoms with Gasteiger partial charge in [0, 0.05) is 18.0 Å². The van der Waals surface area contributed by atoms with Crippen LogP contribution < -0.4 is 10.1 Å². The van der Waals surface area contributed by atoms with E-state index in [0.717, 1.165) is 0 Å². The van der Waals surface area contributed by atoms with Gasteiger partial charge in [0.05, 0.1) is 12.7 Å². The van der Waals surface area contributed by atoms with Gasteiger partial charge < -0.3 is 14.8 Å². The lowest BCUT2D eigenvalue weighted by atomic mass is 10.2. The summed E-state index contributed by atoms with van der Waals surface area (Å²) >= 11 is 5.65. The van der Waals surface area contributed by atoms with Crippen LogP contribution in [0, 0.1) is 0 Å². The number of ether oxygens (including phenoxy) is 2. The van der Waals surface area contributed by atoms with Crippen molar-refractivity contribution in [1.82, 2.24) is 4.98 Å². The molecule has 6 nitrogen and oxygen atoms in total. The van der Waals surface area contributed by atoms with Gasteiger partial charge in [-0.15, -0.1) is 0 Å². The van der Waals surface area contributed by atoms with Crippen LogP contribution in [0.5, 0.6) is 5.75 Å². The summed E-state index contributed by atoms with van der Waals surface area (Å²) in [6, 6.07) is 9.81. The zero-order valence-corrected chi connectivity index (χ0v) is 13.3. The Morgan fingerprint density at radius 2 is 2.04 bits per heavy atom. The van der Waals surface area contributed by atoms with Crippen molar-refractivity contribution >= 4 is 29.2 Å². The van der Waals surface area contributed by atoms with E-state index < -0.39 is 18.0 Å². The third kappa shape index (κ3) is 4.69. The van der Waals surface area contributed by atoms with Gasteiger partial charge in [0.25, 0.3) is 5.91 Å². The smallest absolute Gasteiger partial charge is 0.340 e. The average Bonchev–Trinajstić information content (AvgIpc) is 2.55. The molecule has 0 saturated carbocycles. The predicted octanol–water partition coefficient (Wildman–Crippen LogP) is 2.93. The van der Waals surface area contributed by atoms with Crippen molar-refractivity contribution in [1.29, 1.82) is 0 Å². The molecular weight excluding hydrogens is 320 g/mol. The number of benzene rings is 1. The Labute approximate surface area is 138 Å². The van der Waals surface area contributed by atoms with Crippen molar-refractivity contribution in [3.8, 4) is 5.75 Å². The van der Waals surface area contributed by atoms with Crippen molar-refractivity contribution in [2.75, 3.05) is 12.4 Å². The molecule has 1 aromatic carbocycles. The summed E-state index contributed by atoms with van der Waals surface area (Å²) in [6.07, 6.45) is 0.321. The molecule has 1 N–H and O–H groups in total. The minimum Gasteiger partial charge on any atom is -0.497 e. The van der Waals surface area contributed by atoms with Crippen LogP contribution in [-0.2, 0) is 9.53 Å². The van der Waals surface area contributed by atoms with Gasteiger partial charge in [-0.1, -0.05) is 17.7 Å². The molecule has 2 aromatic rings. The van der Waals surface area contributed by atoms with Crippen LogP contribution in [0.15, 0.2) is 42.6 Å². The fourth-order valence-electron chi connectivity index (χ4n) is 1.72. The van der Waals surface area contributed by atoms with E-state index in [9.17, 15) is 9.59 Å². The molecule has 2 rings (SSSR count). The second-order valence-electron chi connectivity index (χ2n) is 4.64. The molecule has 120 valence electrons. The number of nitrogens with one attached hydrogen (secondary N) is 1. The van der Waals surface area contributed by atoms with Gasteiger partial charge in [0.15, 0.2) is 6.10 Å². The maximum atomic E-state index is 12.1. The molecule has 0 bridgehead atoms. The maximum absolute atomic E-state index is 12.1. The number of halogens is 1. The highest BCUT2D eigenvalue weighted by Crippen LogP contribution is 2.17. The van der Waals surface area contributed by atoms with E-state index in [0.29, 0.717) is 11.4 Å². The fraction of sp³-hybridized carbons (Fsp3) is 0.188. The Morgan fingerprint density at radius 3 is 2.70 bits per heavy atom. The Morgan fingerprint density at radius 1 is 1.26 bits per heavy atom. The summed E-state index contributed by atoms with van der Waals surface area (Å²) in [5.74, 6) is -0.490. The number of anilines is 1. The standard InChI is InChI=1S/C16H15ClN2O4/c1-10(23-16(21)11-6-7-14(17)18-9-11)15(20)19-12-4-3-5-13(8-12)22-2/h3-10H,1-2H3,(H,19,20)/t10-/m1/s1. The second kappa shape index (κ2) is 7.60. The molecule has 0 aliphatic rings. The molecule has 1 atom stereocenters. The third-order valence-electron chi connectivity index (χ3n) is 2.95. The summed E-state index contributed by atoms with van der Waals surface area (Å²) in [5.41, 5.74) is 0.765. The summed E-state index contributed by atoms with van der Waals surface area (Å²) in [5, 5.41) is 2.92. The van der Waals surface area contributed by atoms with Crippen molar-refractivity contribution in [3.05, 3.63) is 53.3 Å². The number of carbonyl (C=O) groups excluding carboxylic acids is 2. The van der Waals surface area contributed by atoms with Crippen LogP contribution in [0.2, 0.25) is 5.15 Å².